The van der Waals surface area contributed by atoms with E-state index in [2.05, 4.69) is 51.3 Å². The Morgan fingerprint density at radius 2 is 1.88 bits per heavy atom. The predicted octanol–water partition coefficient (Wildman–Crippen LogP) is 4.31. The van der Waals surface area contributed by atoms with Gasteiger partial charge in [-0.3, -0.25) is 0 Å². The monoisotopic (exact) mass is 315 g/mol. The first-order chi connectivity index (χ1) is 11.9. The second-order valence-electron chi connectivity index (χ2n) is 6.13. The average molecular weight is 315 g/mol. The largest absolute Gasteiger partial charge is 0.458 e. The summed E-state index contributed by atoms with van der Waals surface area (Å²) in [6.07, 6.45) is 2.75. The van der Waals surface area contributed by atoms with Gasteiger partial charge in [0, 0.05) is 29.7 Å². The molecule has 5 rings (SSSR count). The Morgan fingerprint density at radius 3 is 2.75 bits per heavy atom. The van der Waals surface area contributed by atoms with Gasteiger partial charge in [0.2, 0.25) is 0 Å². The second kappa shape index (κ2) is 5.27. The molecule has 3 heterocycles. The van der Waals surface area contributed by atoms with Gasteiger partial charge in [-0.1, -0.05) is 36.4 Å². The Labute approximate surface area is 139 Å². The zero-order valence-electron chi connectivity index (χ0n) is 13.1. The SMILES string of the molecule is c1ccc(N2CCc3[nH]cnc3[C@H]2c2cc3ccccc3o2)cc1. The number of anilines is 1. The van der Waals surface area contributed by atoms with Crippen LogP contribution in [0.25, 0.3) is 11.0 Å². The predicted molar refractivity (Wildman–Crippen MR) is 94.1 cm³/mol. The van der Waals surface area contributed by atoms with Crippen molar-refractivity contribution in [3.8, 4) is 0 Å². The van der Waals surface area contributed by atoms with Crippen LogP contribution in [0, 0.1) is 0 Å². The molecule has 0 saturated heterocycles. The first kappa shape index (κ1) is 13.4. The highest BCUT2D eigenvalue weighted by Gasteiger charge is 2.33. The Kier molecular flexibility index (Phi) is 2.95. The summed E-state index contributed by atoms with van der Waals surface area (Å²) in [7, 11) is 0. The maximum absolute atomic E-state index is 6.19. The summed E-state index contributed by atoms with van der Waals surface area (Å²) < 4.78 is 6.19. The van der Waals surface area contributed by atoms with Gasteiger partial charge >= 0.3 is 0 Å². The lowest BCUT2D eigenvalue weighted by atomic mass is 9.99. The van der Waals surface area contributed by atoms with Crippen LogP contribution in [-0.2, 0) is 6.42 Å². The molecule has 0 aliphatic carbocycles. The van der Waals surface area contributed by atoms with Gasteiger partial charge < -0.3 is 14.3 Å². The van der Waals surface area contributed by atoms with E-state index < -0.39 is 0 Å². The highest BCUT2D eigenvalue weighted by Crippen LogP contribution is 2.38. The van der Waals surface area contributed by atoms with E-state index in [1.807, 2.05) is 24.3 Å². The van der Waals surface area contributed by atoms with Crippen LogP contribution in [0.2, 0.25) is 0 Å². The summed E-state index contributed by atoms with van der Waals surface area (Å²) in [6.45, 7) is 0.931. The maximum Gasteiger partial charge on any atom is 0.134 e. The van der Waals surface area contributed by atoms with Crippen LogP contribution in [0.5, 0.6) is 0 Å². The molecule has 0 spiro atoms. The van der Waals surface area contributed by atoms with Gasteiger partial charge in [0.25, 0.3) is 0 Å². The van der Waals surface area contributed by atoms with Crippen molar-refractivity contribution in [3.63, 3.8) is 0 Å². The fourth-order valence-corrected chi connectivity index (χ4v) is 3.60. The fraction of sp³-hybridized carbons (Fsp3) is 0.150. The van der Waals surface area contributed by atoms with E-state index in [4.69, 9.17) is 4.42 Å². The smallest absolute Gasteiger partial charge is 0.134 e. The summed E-state index contributed by atoms with van der Waals surface area (Å²) in [6, 6.07) is 20.8. The van der Waals surface area contributed by atoms with Gasteiger partial charge in [-0.15, -0.1) is 0 Å². The lowest BCUT2D eigenvalue weighted by Gasteiger charge is -2.35. The number of para-hydroxylation sites is 2. The molecule has 0 unspecified atom stereocenters. The van der Waals surface area contributed by atoms with Crippen LogP contribution in [0.15, 0.2) is 71.4 Å². The summed E-state index contributed by atoms with van der Waals surface area (Å²) >= 11 is 0. The molecule has 0 radical (unpaired) electrons. The number of aromatic nitrogens is 2. The van der Waals surface area contributed by atoms with Crippen molar-refractivity contribution in [1.29, 1.82) is 0 Å². The van der Waals surface area contributed by atoms with Gasteiger partial charge in [0.15, 0.2) is 0 Å². The van der Waals surface area contributed by atoms with Crippen molar-refractivity contribution < 1.29 is 4.42 Å². The molecule has 4 aromatic rings. The zero-order chi connectivity index (χ0) is 15.9. The molecule has 2 aromatic carbocycles. The normalized spacial score (nSPS) is 17.2. The maximum atomic E-state index is 6.19. The third-order valence-corrected chi connectivity index (χ3v) is 4.73. The number of hydrogen-bond donors (Lipinski definition) is 1. The zero-order valence-corrected chi connectivity index (χ0v) is 13.1. The first-order valence-corrected chi connectivity index (χ1v) is 8.22. The molecule has 0 saturated carbocycles. The van der Waals surface area contributed by atoms with E-state index >= 15 is 0 Å². The van der Waals surface area contributed by atoms with E-state index in [-0.39, 0.29) is 6.04 Å². The molecule has 4 nitrogen and oxygen atoms in total. The lowest BCUT2D eigenvalue weighted by Crippen LogP contribution is -2.36. The van der Waals surface area contributed by atoms with Gasteiger partial charge in [-0.2, -0.15) is 0 Å². The Hall–Kier alpha value is -3.01. The molecule has 0 amide bonds. The van der Waals surface area contributed by atoms with E-state index in [1.165, 1.54) is 11.4 Å². The number of rotatable bonds is 2. The van der Waals surface area contributed by atoms with Gasteiger partial charge in [-0.25, -0.2) is 4.98 Å². The standard InChI is InChI=1S/C20H17N3O/c1-2-7-15(8-3-1)23-11-10-16-19(22-13-21-16)20(23)18-12-14-6-4-5-9-17(14)24-18/h1-9,12-13,20H,10-11H2,(H,21,22)/t20-/m1/s1. The minimum atomic E-state index is -0.00481. The quantitative estimate of drug-likeness (QED) is 0.599. The Balaban J connectivity index is 1.68. The molecule has 2 aromatic heterocycles. The van der Waals surface area contributed by atoms with E-state index in [1.54, 1.807) is 6.33 Å². The molecular formula is C20H17N3O. The van der Waals surface area contributed by atoms with Crippen molar-refractivity contribution in [2.45, 2.75) is 12.5 Å². The highest BCUT2D eigenvalue weighted by atomic mass is 16.3. The summed E-state index contributed by atoms with van der Waals surface area (Å²) in [4.78, 5) is 10.3. The molecule has 118 valence electrons. The number of nitrogens with zero attached hydrogens (tertiary/aromatic N) is 2. The summed E-state index contributed by atoms with van der Waals surface area (Å²) in [5.74, 6) is 0.938. The van der Waals surface area contributed by atoms with Crippen LogP contribution >= 0.6 is 0 Å². The topological polar surface area (TPSA) is 45.1 Å². The Bertz CT molecular complexity index is 953. The van der Waals surface area contributed by atoms with Crippen LogP contribution in [0.3, 0.4) is 0 Å². The molecule has 1 atom stereocenters. The van der Waals surface area contributed by atoms with Crippen molar-refractivity contribution in [2.75, 3.05) is 11.4 Å². The molecular weight excluding hydrogens is 298 g/mol. The molecule has 1 aliphatic rings. The molecule has 24 heavy (non-hydrogen) atoms. The number of benzene rings is 2. The van der Waals surface area contributed by atoms with Crippen molar-refractivity contribution >= 4 is 16.7 Å². The van der Waals surface area contributed by atoms with Crippen molar-refractivity contribution in [2.24, 2.45) is 0 Å². The number of hydrogen-bond acceptors (Lipinski definition) is 3. The molecule has 4 heteroatoms. The van der Waals surface area contributed by atoms with Gasteiger partial charge in [0.1, 0.15) is 17.4 Å². The first-order valence-electron chi connectivity index (χ1n) is 8.22. The summed E-state index contributed by atoms with van der Waals surface area (Å²) in [5.41, 5.74) is 4.37. The van der Waals surface area contributed by atoms with E-state index in [9.17, 15) is 0 Å². The van der Waals surface area contributed by atoms with Crippen molar-refractivity contribution in [1.82, 2.24) is 9.97 Å². The van der Waals surface area contributed by atoms with Crippen LogP contribution in [0.4, 0.5) is 5.69 Å². The number of H-pyrrole nitrogens is 1. The second-order valence-corrected chi connectivity index (χ2v) is 6.13. The fourth-order valence-electron chi connectivity index (χ4n) is 3.60. The number of aromatic amines is 1. The highest BCUT2D eigenvalue weighted by molar-refractivity contribution is 5.78. The van der Waals surface area contributed by atoms with Gasteiger partial charge in [-0.05, 0) is 24.3 Å². The average Bonchev–Trinajstić information content (AvgIpc) is 3.28. The lowest BCUT2D eigenvalue weighted by molar-refractivity contribution is 0.487. The summed E-state index contributed by atoms with van der Waals surface area (Å²) in [5, 5.41) is 1.13. The van der Waals surface area contributed by atoms with Crippen molar-refractivity contribution in [3.05, 3.63) is 84.1 Å². The number of nitrogens with one attached hydrogen (secondary N) is 1. The Morgan fingerprint density at radius 1 is 1.04 bits per heavy atom. The van der Waals surface area contributed by atoms with Crippen LogP contribution in [0.1, 0.15) is 23.2 Å². The molecule has 1 aliphatic heterocycles. The minimum absolute atomic E-state index is 0.00481. The van der Waals surface area contributed by atoms with Crippen LogP contribution < -0.4 is 4.90 Å². The molecule has 0 bridgehead atoms. The number of furan rings is 1. The van der Waals surface area contributed by atoms with E-state index in [0.29, 0.717) is 0 Å². The van der Waals surface area contributed by atoms with E-state index in [0.717, 1.165) is 35.4 Å². The number of fused-ring (bicyclic) bond motifs is 2. The third-order valence-electron chi connectivity index (χ3n) is 4.73. The van der Waals surface area contributed by atoms with Crippen LogP contribution in [-0.4, -0.2) is 16.5 Å². The number of imidazole rings is 1. The third kappa shape index (κ3) is 2.03. The molecule has 0 fully saturated rings. The van der Waals surface area contributed by atoms with Gasteiger partial charge in [0.05, 0.1) is 12.0 Å². The molecule has 1 N–H and O–H groups in total. The minimum Gasteiger partial charge on any atom is -0.458 e.